The predicted octanol–water partition coefficient (Wildman–Crippen LogP) is 5.37. The van der Waals surface area contributed by atoms with Crippen molar-refractivity contribution in [2.45, 2.75) is 52.7 Å². The molecule has 0 aliphatic heterocycles. The molecule has 61 heavy (non-hydrogen) atoms. The first kappa shape index (κ1) is 58.1. The molecule has 0 aliphatic carbocycles. The van der Waals surface area contributed by atoms with Crippen molar-refractivity contribution in [1.82, 2.24) is 16.0 Å². The van der Waals surface area contributed by atoms with Crippen LogP contribution in [-0.2, 0) is 45.7 Å². The maximum absolute atomic E-state index is 11.6. The second kappa shape index (κ2) is 34.7. The van der Waals surface area contributed by atoms with Crippen LogP contribution < -0.4 is 31.2 Å². The number of hydrogen-bond donors (Lipinski definition) is 5. The Morgan fingerprint density at radius 1 is 0.590 bits per heavy atom. The van der Waals surface area contributed by atoms with Gasteiger partial charge in [0.05, 0.1) is 62.7 Å². The van der Waals surface area contributed by atoms with Gasteiger partial charge in [-0.2, -0.15) is 0 Å². The second-order valence-corrected chi connectivity index (χ2v) is 13.6. The molecule has 2 rings (SSSR count). The molecule has 0 saturated carbocycles. The van der Waals surface area contributed by atoms with Crippen LogP contribution in [0.4, 0.5) is 30.6 Å². The van der Waals surface area contributed by atoms with Crippen molar-refractivity contribution in [3.63, 3.8) is 0 Å². The van der Waals surface area contributed by atoms with Crippen LogP contribution in [0, 0.1) is 24.4 Å². The van der Waals surface area contributed by atoms with Crippen LogP contribution in [0.5, 0.6) is 11.5 Å². The average Bonchev–Trinajstić information content (AvgIpc) is 3.16. The molecule has 0 atom stereocenters. The number of non-ortho nitro benzene ring substituents is 2. The molecule has 2 aromatic carbocycles. The van der Waals surface area contributed by atoms with Crippen LogP contribution in [0.1, 0.15) is 41.5 Å². The van der Waals surface area contributed by atoms with Crippen molar-refractivity contribution in [1.29, 1.82) is 4.21 Å². The molecular weight excluding hydrogens is 873 g/mol. The summed E-state index contributed by atoms with van der Waals surface area (Å²) in [6.45, 7) is 15.5. The van der Waals surface area contributed by atoms with Crippen molar-refractivity contribution in [3.05, 3.63) is 68.8 Å². The molecule has 6 N–H and O–H groups in total. The van der Waals surface area contributed by atoms with Crippen molar-refractivity contribution in [3.8, 4) is 11.5 Å². The van der Waals surface area contributed by atoms with Gasteiger partial charge in [0.25, 0.3) is 11.4 Å². The molecule has 0 bridgehead atoms. The summed E-state index contributed by atoms with van der Waals surface area (Å²) < 4.78 is 46.2. The van der Waals surface area contributed by atoms with E-state index in [9.17, 15) is 39.4 Å². The summed E-state index contributed by atoms with van der Waals surface area (Å²) >= 11 is 6.48. The monoisotopic (exact) mass is 928 g/mol. The first-order chi connectivity index (χ1) is 28.7. The number of hydrogen-bond acceptors (Lipinski definition) is 18. The molecule has 0 spiro atoms. The van der Waals surface area contributed by atoms with Crippen LogP contribution >= 0.6 is 11.6 Å². The Kier molecular flexibility index (Phi) is 33.0. The van der Waals surface area contributed by atoms with E-state index in [1.165, 1.54) is 48.5 Å². The number of nitro benzene ring substituents is 2. The van der Waals surface area contributed by atoms with Crippen LogP contribution in [0.15, 0.2) is 48.5 Å². The summed E-state index contributed by atoms with van der Waals surface area (Å²) in [5, 5.41) is 28.4. The molecule has 0 fully saturated rings. The molecule has 23 nitrogen and oxygen atoms in total. The Bertz CT molecular complexity index is 1570. The summed E-state index contributed by atoms with van der Waals surface area (Å²) in [7, 11) is 0. The number of nitrogens with two attached hydrogens (primary N) is 1. The number of carbonyl (C=O) groups excluding carboxylic acids is 4. The van der Waals surface area contributed by atoms with Gasteiger partial charge < -0.3 is 59.6 Å². The molecule has 0 aromatic heterocycles. The summed E-state index contributed by atoms with van der Waals surface area (Å²) in [5.41, 5.74) is 3.09. The number of ether oxygens (including phenoxy) is 8. The number of amides is 3. The van der Waals surface area contributed by atoms with Gasteiger partial charge in [0.2, 0.25) is 0 Å². The number of nitro groups is 2. The van der Waals surface area contributed by atoms with E-state index in [-0.39, 0.29) is 36.0 Å². The number of halogens is 1. The topological polar surface area (TPSA) is 314 Å². The van der Waals surface area contributed by atoms with E-state index in [0.29, 0.717) is 65.9 Å². The third-order valence-electron chi connectivity index (χ3n) is 5.85. The SMILES string of the molecule is CC(C)(C)OC(=O)NCCOCCOCCN.CC(C)(C)OC(=O)NCCOCCOCCNC(=O)Oc1ccc([N+](=O)[O-])cc1.O=C(Cl)Oc1ccc([N+](=O)[O-])cc1.[NH]=[V]. The van der Waals surface area contributed by atoms with Gasteiger partial charge in [0.1, 0.15) is 22.7 Å². The van der Waals surface area contributed by atoms with Gasteiger partial charge in [-0.1, -0.05) is 0 Å². The molecule has 0 radical (unpaired) electrons. The van der Waals surface area contributed by atoms with Crippen molar-refractivity contribution < 1.29 is 84.2 Å². The first-order valence-electron chi connectivity index (χ1n) is 18.2. The van der Waals surface area contributed by atoms with E-state index < -0.39 is 44.8 Å². The van der Waals surface area contributed by atoms with Gasteiger partial charge >= 0.3 is 45.2 Å². The third-order valence-corrected chi connectivity index (χ3v) is 5.93. The Morgan fingerprint density at radius 2 is 0.902 bits per heavy atom. The number of rotatable bonds is 21. The third kappa shape index (κ3) is 37.7. The summed E-state index contributed by atoms with van der Waals surface area (Å²) in [4.78, 5) is 64.1. The quantitative estimate of drug-likeness (QED) is 0.0454. The fourth-order valence-electron chi connectivity index (χ4n) is 3.54. The van der Waals surface area contributed by atoms with Gasteiger partial charge in [-0.25, -0.2) is 19.2 Å². The van der Waals surface area contributed by atoms with Crippen molar-refractivity contribution in [2.75, 3.05) is 79.0 Å². The molecule has 25 heteroatoms. The first-order valence-corrected chi connectivity index (χ1v) is 19.3. The summed E-state index contributed by atoms with van der Waals surface area (Å²) in [6.07, 6.45) is -1.61. The molecular formula is C36H56ClN7O16V. The zero-order valence-electron chi connectivity index (χ0n) is 34.9. The van der Waals surface area contributed by atoms with Gasteiger partial charge in [-0.3, -0.25) is 20.2 Å². The van der Waals surface area contributed by atoms with E-state index in [2.05, 4.69) is 20.7 Å². The van der Waals surface area contributed by atoms with Crippen molar-refractivity contribution in [2.24, 2.45) is 5.73 Å². The Hall–Kier alpha value is -5.01. The van der Waals surface area contributed by atoms with Gasteiger partial charge in [-0.05, 0) is 65.8 Å². The van der Waals surface area contributed by atoms with E-state index in [1.807, 2.05) is 20.8 Å². The molecule has 0 aliphatic rings. The summed E-state index contributed by atoms with van der Waals surface area (Å²) in [5.74, 6) is 0.369. The standard InChI is InChI=1S/C18H27N3O8.C11H24N2O4.C7H4ClNO4.HN.V/c1-18(2,3)29-17(23)20-9-11-27-13-12-26-10-8-19-16(22)28-15-6-4-14(5-7-15)21(24)25;1-11(2,3)17-10(14)13-5-7-16-9-8-15-6-4-12;8-7(10)13-6-3-1-5(2-4-6)9(11)12;;/h4-7H,8-13H2,1-3H3,(H,19,22)(H,20,23);4-9,12H2,1-3H3,(H,13,14);1-4H;1H;. The summed E-state index contributed by atoms with van der Waals surface area (Å²) in [6, 6.07) is 10.2. The molecule has 0 saturated heterocycles. The predicted molar refractivity (Wildman–Crippen MR) is 216 cm³/mol. The fourth-order valence-corrected chi connectivity index (χ4v) is 3.63. The number of carbonyl (C=O) groups is 4. The van der Waals surface area contributed by atoms with E-state index >= 15 is 0 Å². The van der Waals surface area contributed by atoms with Gasteiger partial charge in [-0.15, -0.1) is 0 Å². The zero-order chi connectivity index (χ0) is 46.7. The van der Waals surface area contributed by atoms with Gasteiger partial charge in [0, 0.05) is 62.0 Å². The minimum absolute atomic E-state index is 0.0747. The van der Waals surface area contributed by atoms with Crippen LogP contribution in [0.2, 0.25) is 0 Å². The average molecular weight is 929 g/mol. The molecule has 0 unspecified atom stereocenters. The normalized spacial score (nSPS) is 10.3. The minimum atomic E-state index is -0.978. The van der Waals surface area contributed by atoms with Crippen LogP contribution in [0.3, 0.4) is 0 Å². The Labute approximate surface area is 367 Å². The number of benzene rings is 2. The van der Waals surface area contributed by atoms with E-state index in [4.69, 9.17) is 54.7 Å². The number of nitrogens with one attached hydrogen (secondary N) is 4. The molecule has 343 valence electrons. The molecule has 2 aromatic rings. The van der Waals surface area contributed by atoms with Crippen LogP contribution in [-0.4, -0.2) is 124 Å². The van der Waals surface area contributed by atoms with Gasteiger partial charge in [0.15, 0.2) is 0 Å². The maximum atomic E-state index is 11.6. The number of nitrogens with zero attached hydrogens (tertiary/aromatic N) is 2. The molecule has 0 heterocycles. The number of alkyl carbamates (subject to hydrolysis) is 2. The molecule has 3 amide bonds. The zero-order valence-corrected chi connectivity index (χ0v) is 37.1. The Balaban J connectivity index is 0. The second-order valence-electron chi connectivity index (χ2n) is 13.3. The van der Waals surface area contributed by atoms with Crippen LogP contribution in [0.25, 0.3) is 0 Å². The van der Waals surface area contributed by atoms with E-state index in [1.54, 1.807) is 38.0 Å². The van der Waals surface area contributed by atoms with E-state index in [0.717, 1.165) is 0 Å². The Morgan fingerprint density at radius 3 is 1.20 bits per heavy atom. The fraction of sp³-hybridized carbons (Fsp3) is 0.556. The van der Waals surface area contributed by atoms with Crippen molar-refractivity contribution >= 4 is 46.7 Å².